The first kappa shape index (κ1) is 13.5. The molecule has 5 heteroatoms. The maximum atomic E-state index is 14.1. The van der Waals surface area contributed by atoms with E-state index in [9.17, 15) is 13.6 Å². The molecule has 0 bridgehead atoms. The molecule has 0 radical (unpaired) electrons. The Balaban J connectivity index is 2.22. The van der Waals surface area contributed by atoms with Crippen LogP contribution in [0.3, 0.4) is 0 Å². The Bertz CT molecular complexity index is 728. The summed E-state index contributed by atoms with van der Waals surface area (Å²) in [5, 5.41) is 0. The fourth-order valence-electron chi connectivity index (χ4n) is 2.33. The Morgan fingerprint density at radius 1 is 1.05 bits per heavy atom. The molecule has 0 N–H and O–H groups in total. The minimum absolute atomic E-state index is 0.00484. The standard InChI is InChI=1S/C16H13F2NO2/c1-16(2)15(20)19(12-8-7-10(17)9-11(12)18)13-5-3-4-6-14(13)21-16/h3-9H,1-2H3. The van der Waals surface area contributed by atoms with Crippen LogP contribution < -0.4 is 9.64 Å². The molecular weight excluding hydrogens is 276 g/mol. The maximum Gasteiger partial charge on any atom is 0.275 e. The lowest BCUT2D eigenvalue weighted by Gasteiger charge is -2.38. The van der Waals surface area contributed by atoms with Gasteiger partial charge in [-0.1, -0.05) is 12.1 Å². The first-order valence-electron chi connectivity index (χ1n) is 6.48. The summed E-state index contributed by atoms with van der Waals surface area (Å²) in [6.45, 7) is 3.22. The van der Waals surface area contributed by atoms with E-state index in [4.69, 9.17) is 4.74 Å². The van der Waals surface area contributed by atoms with E-state index in [-0.39, 0.29) is 5.69 Å². The maximum absolute atomic E-state index is 14.1. The van der Waals surface area contributed by atoms with E-state index in [0.717, 1.165) is 12.1 Å². The Morgan fingerprint density at radius 3 is 2.48 bits per heavy atom. The summed E-state index contributed by atoms with van der Waals surface area (Å²) in [6.07, 6.45) is 0. The molecule has 0 atom stereocenters. The summed E-state index contributed by atoms with van der Waals surface area (Å²) in [6, 6.07) is 9.99. The first-order chi connectivity index (χ1) is 9.90. The molecule has 1 aliphatic rings. The van der Waals surface area contributed by atoms with Gasteiger partial charge in [0.2, 0.25) is 0 Å². The molecule has 1 heterocycles. The number of nitrogens with zero attached hydrogens (tertiary/aromatic N) is 1. The van der Waals surface area contributed by atoms with Gasteiger partial charge in [-0.05, 0) is 38.1 Å². The van der Waals surface area contributed by atoms with Crippen LogP contribution >= 0.6 is 0 Å². The van der Waals surface area contributed by atoms with Gasteiger partial charge in [0.15, 0.2) is 5.60 Å². The zero-order valence-electron chi connectivity index (χ0n) is 11.6. The van der Waals surface area contributed by atoms with Crippen LogP contribution in [0.4, 0.5) is 20.2 Å². The predicted molar refractivity (Wildman–Crippen MR) is 74.7 cm³/mol. The number of anilines is 2. The van der Waals surface area contributed by atoms with Crippen molar-refractivity contribution in [1.82, 2.24) is 0 Å². The number of hydrogen-bond donors (Lipinski definition) is 0. The summed E-state index contributed by atoms with van der Waals surface area (Å²) >= 11 is 0. The van der Waals surface area contributed by atoms with E-state index in [2.05, 4.69) is 0 Å². The Labute approximate surface area is 120 Å². The van der Waals surface area contributed by atoms with Gasteiger partial charge in [-0.2, -0.15) is 0 Å². The van der Waals surface area contributed by atoms with Crippen LogP contribution in [0.2, 0.25) is 0 Å². The predicted octanol–water partition coefficient (Wildman–Crippen LogP) is 3.80. The number of benzene rings is 2. The van der Waals surface area contributed by atoms with Crippen LogP contribution in [-0.4, -0.2) is 11.5 Å². The minimum Gasteiger partial charge on any atom is -0.476 e. The Kier molecular flexibility index (Phi) is 2.93. The van der Waals surface area contributed by atoms with E-state index in [1.807, 2.05) is 0 Å². The average Bonchev–Trinajstić information content (AvgIpc) is 2.41. The summed E-state index contributed by atoms with van der Waals surface area (Å²) in [4.78, 5) is 13.8. The van der Waals surface area contributed by atoms with E-state index >= 15 is 0 Å². The van der Waals surface area contributed by atoms with Crippen molar-refractivity contribution in [3.05, 3.63) is 54.1 Å². The Morgan fingerprint density at radius 2 is 1.76 bits per heavy atom. The number of carbonyl (C=O) groups is 1. The number of amides is 1. The smallest absolute Gasteiger partial charge is 0.275 e. The molecule has 0 spiro atoms. The summed E-state index contributed by atoms with van der Waals surface area (Å²) < 4.78 is 32.8. The molecule has 0 saturated carbocycles. The zero-order valence-corrected chi connectivity index (χ0v) is 11.6. The number of halogens is 2. The molecule has 108 valence electrons. The van der Waals surface area contributed by atoms with Crippen molar-refractivity contribution < 1.29 is 18.3 Å². The van der Waals surface area contributed by atoms with Gasteiger partial charge in [-0.15, -0.1) is 0 Å². The lowest BCUT2D eigenvalue weighted by atomic mass is 10.0. The molecule has 0 aromatic heterocycles. The second-order valence-electron chi connectivity index (χ2n) is 5.32. The van der Waals surface area contributed by atoms with Crippen LogP contribution in [0.5, 0.6) is 5.75 Å². The van der Waals surface area contributed by atoms with Gasteiger partial charge >= 0.3 is 0 Å². The van der Waals surface area contributed by atoms with Crippen molar-refractivity contribution in [3.63, 3.8) is 0 Å². The second-order valence-corrected chi connectivity index (χ2v) is 5.32. The molecule has 1 aliphatic heterocycles. The SMILES string of the molecule is CC1(C)Oc2ccccc2N(c2ccc(F)cc2F)C1=O. The molecule has 3 rings (SSSR count). The number of para-hydroxylation sites is 2. The van der Waals surface area contributed by atoms with Gasteiger partial charge < -0.3 is 4.74 Å². The summed E-state index contributed by atoms with van der Waals surface area (Å²) in [7, 11) is 0. The van der Waals surface area contributed by atoms with Crippen molar-refractivity contribution in [1.29, 1.82) is 0 Å². The largest absolute Gasteiger partial charge is 0.476 e. The van der Waals surface area contributed by atoms with Crippen LogP contribution in [0.1, 0.15) is 13.8 Å². The highest BCUT2D eigenvalue weighted by atomic mass is 19.1. The van der Waals surface area contributed by atoms with Crippen molar-refractivity contribution >= 4 is 17.3 Å². The summed E-state index contributed by atoms with van der Waals surface area (Å²) in [5.41, 5.74) is -0.688. The second kappa shape index (κ2) is 4.55. The topological polar surface area (TPSA) is 29.5 Å². The molecule has 0 fully saturated rings. The molecule has 2 aromatic carbocycles. The fourth-order valence-corrected chi connectivity index (χ4v) is 2.33. The van der Waals surface area contributed by atoms with Crippen molar-refractivity contribution in [2.45, 2.75) is 19.4 Å². The van der Waals surface area contributed by atoms with Crippen LogP contribution in [0.15, 0.2) is 42.5 Å². The molecular formula is C16H13F2NO2. The normalized spacial score (nSPS) is 16.4. The van der Waals surface area contributed by atoms with E-state index in [0.29, 0.717) is 11.4 Å². The summed E-state index contributed by atoms with van der Waals surface area (Å²) in [5.74, 6) is -1.42. The third-order valence-corrected chi connectivity index (χ3v) is 3.34. The molecule has 3 nitrogen and oxygen atoms in total. The van der Waals surface area contributed by atoms with Crippen LogP contribution in [-0.2, 0) is 4.79 Å². The third-order valence-electron chi connectivity index (χ3n) is 3.34. The molecule has 0 saturated heterocycles. The van der Waals surface area contributed by atoms with Crippen molar-refractivity contribution in [3.8, 4) is 5.75 Å². The van der Waals surface area contributed by atoms with Gasteiger partial charge in [-0.25, -0.2) is 8.78 Å². The molecule has 0 aliphatic carbocycles. The lowest BCUT2D eigenvalue weighted by Crippen LogP contribution is -2.50. The van der Waals surface area contributed by atoms with Gasteiger partial charge in [0.1, 0.15) is 17.4 Å². The highest BCUT2D eigenvalue weighted by Crippen LogP contribution is 2.42. The van der Waals surface area contributed by atoms with E-state index in [1.165, 1.54) is 11.0 Å². The van der Waals surface area contributed by atoms with Gasteiger partial charge in [-0.3, -0.25) is 9.69 Å². The van der Waals surface area contributed by atoms with Gasteiger partial charge in [0.05, 0.1) is 11.4 Å². The fraction of sp³-hybridized carbons (Fsp3) is 0.188. The molecule has 0 unspecified atom stereocenters. The van der Waals surface area contributed by atoms with Crippen LogP contribution in [0, 0.1) is 11.6 Å². The van der Waals surface area contributed by atoms with Gasteiger partial charge in [0, 0.05) is 6.07 Å². The third kappa shape index (κ3) is 2.14. The lowest BCUT2D eigenvalue weighted by molar-refractivity contribution is -0.131. The van der Waals surface area contributed by atoms with Crippen molar-refractivity contribution in [2.24, 2.45) is 0 Å². The van der Waals surface area contributed by atoms with E-state index in [1.54, 1.807) is 38.1 Å². The molecule has 21 heavy (non-hydrogen) atoms. The average molecular weight is 289 g/mol. The minimum atomic E-state index is -1.13. The number of fused-ring (bicyclic) bond motifs is 1. The number of hydrogen-bond acceptors (Lipinski definition) is 2. The van der Waals surface area contributed by atoms with Crippen molar-refractivity contribution in [2.75, 3.05) is 4.90 Å². The monoisotopic (exact) mass is 289 g/mol. The highest BCUT2D eigenvalue weighted by molar-refractivity contribution is 6.08. The number of ether oxygens (including phenoxy) is 1. The highest BCUT2D eigenvalue weighted by Gasteiger charge is 2.42. The number of carbonyl (C=O) groups excluding carboxylic acids is 1. The van der Waals surface area contributed by atoms with E-state index < -0.39 is 23.1 Å². The van der Waals surface area contributed by atoms with Crippen LogP contribution in [0.25, 0.3) is 0 Å². The zero-order chi connectivity index (χ0) is 15.2. The van der Waals surface area contributed by atoms with Gasteiger partial charge in [0.25, 0.3) is 5.91 Å². The first-order valence-corrected chi connectivity index (χ1v) is 6.48. The Hall–Kier alpha value is -2.43. The quantitative estimate of drug-likeness (QED) is 0.799. The molecule has 1 amide bonds. The molecule has 2 aromatic rings. The number of rotatable bonds is 1.